The summed E-state index contributed by atoms with van der Waals surface area (Å²) >= 11 is 5.58. The molecular weight excluding hydrogens is 259 g/mol. The third kappa shape index (κ3) is 2.12. The Bertz CT molecular complexity index is 525. The van der Waals surface area contributed by atoms with Gasteiger partial charge in [0.15, 0.2) is 0 Å². The van der Waals surface area contributed by atoms with Crippen molar-refractivity contribution in [2.45, 2.75) is 12.6 Å². The molecule has 90 valence electrons. The molecule has 0 aromatic heterocycles. The van der Waals surface area contributed by atoms with E-state index in [1.54, 1.807) is 0 Å². The van der Waals surface area contributed by atoms with E-state index < -0.39 is 17.5 Å². The van der Waals surface area contributed by atoms with Crippen LogP contribution in [-0.2, 0) is 11.2 Å². The van der Waals surface area contributed by atoms with Gasteiger partial charge in [-0.2, -0.15) is 13.2 Å². The first-order chi connectivity index (χ1) is 7.79. The molecule has 17 heavy (non-hydrogen) atoms. The zero-order valence-corrected chi connectivity index (χ0v) is 8.95. The Morgan fingerprint density at radius 1 is 1.35 bits per heavy atom. The Morgan fingerprint density at radius 2 is 2.00 bits per heavy atom. The van der Waals surface area contributed by atoms with Crippen molar-refractivity contribution in [2.24, 2.45) is 0 Å². The normalized spacial score (nSPS) is 14.5. The molecule has 0 spiro atoms. The number of Topliss-reactive ketones (excluding diaryl/α,β-unsaturated/α-hetero) is 1. The van der Waals surface area contributed by atoms with E-state index in [4.69, 9.17) is 11.6 Å². The van der Waals surface area contributed by atoms with E-state index in [9.17, 15) is 22.8 Å². The number of rotatable bonds is 1. The smallest absolute Gasteiger partial charge is 0.325 e. The van der Waals surface area contributed by atoms with Crippen molar-refractivity contribution in [3.63, 3.8) is 0 Å². The van der Waals surface area contributed by atoms with Gasteiger partial charge in [-0.15, -0.1) is 0 Å². The number of anilines is 1. The number of benzene rings is 1. The maximum atomic E-state index is 12.3. The number of carbonyl (C=O) groups is 2. The largest absolute Gasteiger partial charge is 0.454 e. The average Bonchev–Trinajstić information content (AvgIpc) is 2.53. The van der Waals surface area contributed by atoms with Crippen LogP contribution in [0.1, 0.15) is 15.9 Å². The molecule has 7 heteroatoms. The molecule has 0 atom stereocenters. The second kappa shape index (κ2) is 3.73. The van der Waals surface area contributed by atoms with Gasteiger partial charge in [-0.1, -0.05) is 11.6 Å². The van der Waals surface area contributed by atoms with Gasteiger partial charge < -0.3 is 5.32 Å². The van der Waals surface area contributed by atoms with E-state index in [1.165, 1.54) is 0 Å². The molecule has 0 saturated heterocycles. The Morgan fingerprint density at radius 3 is 2.59 bits per heavy atom. The fraction of sp³-hybridized carbons (Fsp3) is 0.200. The summed E-state index contributed by atoms with van der Waals surface area (Å²) in [6.07, 6.45) is -5.03. The van der Waals surface area contributed by atoms with Crippen LogP contribution < -0.4 is 5.32 Å². The quantitative estimate of drug-likeness (QED) is 0.792. The molecule has 1 aliphatic rings. The summed E-state index contributed by atoms with van der Waals surface area (Å²) in [7, 11) is 0. The first-order valence-corrected chi connectivity index (χ1v) is 4.90. The lowest BCUT2D eigenvalue weighted by molar-refractivity contribution is -0.115. The van der Waals surface area contributed by atoms with E-state index in [0.29, 0.717) is 11.3 Å². The highest BCUT2D eigenvalue weighted by atomic mass is 35.5. The van der Waals surface area contributed by atoms with E-state index in [2.05, 4.69) is 5.32 Å². The summed E-state index contributed by atoms with van der Waals surface area (Å²) in [5, 5.41) is 2.10. The van der Waals surface area contributed by atoms with Crippen LogP contribution in [0.3, 0.4) is 0 Å². The summed E-state index contributed by atoms with van der Waals surface area (Å²) in [4.78, 5) is 22.1. The predicted octanol–water partition coefficient (Wildman–Crippen LogP) is 2.58. The molecule has 1 heterocycles. The number of alkyl halides is 3. The molecule has 0 radical (unpaired) electrons. The van der Waals surface area contributed by atoms with Gasteiger partial charge in [-0.3, -0.25) is 9.59 Å². The van der Waals surface area contributed by atoms with Crippen LogP contribution in [0.15, 0.2) is 12.1 Å². The summed E-state index contributed by atoms with van der Waals surface area (Å²) in [6, 6.07) is 2.16. The van der Waals surface area contributed by atoms with Gasteiger partial charge in [0.25, 0.3) is 5.78 Å². The molecule has 1 aromatic carbocycles. The number of amides is 1. The van der Waals surface area contributed by atoms with Gasteiger partial charge in [0.05, 0.1) is 11.4 Å². The van der Waals surface area contributed by atoms with E-state index in [-0.39, 0.29) is 17.4 Å². The molecule has 1 aromatic rings. The molecular formula is C10H5ClF3NO2. The number of ketones is 1. The fourth-order valence-electron chi connectivity index (χ4n) is 1.57. The van der Waals surface area contributed by atoms with Gasteiger partial charge in [-0.25, -0.2) is 0 Å². The summed E-state index contributed by atoms with van der Waals surface area (Å²) in [5.41, 5.74) is 0.0557. The lowest BCUT2D eigenvalue weighted by atomic mass is 10.0. The van der Waals surface area contributed by atoms with Crippen LogP contribution in [-0.4, -0.2) is 17.9 Å². The average molecular weight is 264 g/mol. The Balaban J connectivity index is 2.48. The number of nitrogens with one attached hydrogen (secondary N) is 1. The Hall–Kier alpha value is -1.56. The predicted molar refractivity (Wildman–Crippen MR) is 54.2 cm³/mol. The minimum absolute atomic E-state index is 0.0510. The minimum atomic E-state index is -4.98. The Kier molecular flexibility index (Phi) is 2.61. The third-order valence-electron chi connectivity index (χ3n) is 2.32. The number of halogens is 4. The van der Waals surface area contributed by atoms with Gasteiger partial charge >= 0.3 is 6.18 Å². The van der Waals surface area contributed by atoms with Crippen LogP contribution in [0.25, 0.3) is 0 Å². The van der Waals surface area contributed by atoms with Crippen molar-refractivity contribution in [2.75, 3.05) is 5.32 Å². The molecule has 0 unspecified atom stereocenters. The SMILES string of the molecule is O=C1Cc2cc(C(=O)C(F)(F)F)c(Cl)cc2N1. The third-order valence-corrected chi connectivity index (χ3v) is 2.63. The zero-order valence-electron chi connectivity index (χ0n) is 8.19. The second-order valence-corrected chi connectivity index (χ2v) is 3.95. The van der Waals surface area contributed by atoms with Crippen LogP contribution in [0.5, 0.6) is 0 Å². The molecule has 2 rings (SSSR count). The molecule has 1 amide bonds. The highest BCUT2D eigenvalue weighted by Crippen LogP contribution is 2.33. The van der Waals surface area contributed by atoms with Crippen molar-refractivity contribution in [3.05, 3.63) is 28.3 Å². The minimum Gasteiger partial charge on any atom is -0.325 e. The fourth-order valence-corrected chi connectivity index (χ4v) is 1.82. The molecule has 0 aliphatic carbocycles. The first-order valence-electron chi connectivity index (χ1n) is 4.53. The van der Waals surface area contributed by atoms with Crippen molar-refractivity contribution in [1.82, 2.24) is 0 Å². The monoisotopic (exact) mass is 263 g/mol. The highest BCUT2D eigenvalue weighted by Gasteiger charge is 2.41. The standard InChI is InChI=1S/C10H5ClF3NO2/c11-6-3-7-4(2-8(16)15-7)1-5(6)9(17)10(12,13)14/h1,3H,2H2,(H,15,16). The number of fused-ring (bicyclic) bond motifs is 1. The van der Waals surface area contributed by atoms with Crippen LogP contribution in [0.4, 0.5) is 18.9 Å². The molecule has 0 saturated carbocycles. The Labute approximate surface area is 98.6 Å². The highest BCUT2D eigenvalue weighted by molar-refractivity contribution is 6.34. The summed E-state index contributed by atoms with van der Waals surface area (Å²) in [5.74, 6) is -2.35. The topological polar surface area (TPSA) is 46.2 Å². The number of carbonyl (C=O) groups excluding carboxylic acids is 2. The van der Waals surface area contributed by atoms with E-state index >= 15 is 0 Å². The van der Waals surface area contributed by atoms with Gasteiger partial charge in [0.2, 0.25) is 5.91 Å². The maximum Gasteiger partial charge on any atom is 0.454 e. The maximum absolute atomic E-state index is 12.3. The number of hydrogen-bond acceptors (Lipinski definition) is 2. The van der Waals surface area contributed by atoms with Crippen LogP contribution in [0, 0.1) is 0 Å². The molecule has 3 nitrogen and oxygen atoms in total. The van der Waals surface area contributed by atoms with Crippen molar-refractivity contribution >= 4 is 29.0 Å². The molecule has 1 aliphatic heterocycles. The van der Waals surface area contributed by atoms with Gasteiger partial charge in [0.1, 0.15) is 0 Å². The van der Waals surface area contributed by atoms with Gasteiger partial charge in [-0.05, 0) is 17.7 Å². The molecule has 0 fully saturated rings. The van der Waals surface area contributed by atoms with E-state index in [1.807, 2.05) is 0 Å². The van der Waals surface area contributed by atoms with E-state index in [0.717, 1.165) is 12.1 Å². The van der Waals surface area contributed by atoms with Crippen LogP contribution in [0.2, 0.25) is 5.02 Å². The molecule has 1 N–H and O–H groups in total. The van der Waals surface area contributed by atoms with Crippen molar-refractivity contribution in [1.29, 1.82) is 0 Å². The summed E-state index contributed by atoms with van der Waals surface area (Å²) < 4.78 is 36.8. The van der Waals surface area contributed by atoms with Crippen molar-refractivity contribution < 1.29 is 22.8 Å². The second-order valence-electron chi connectivity index (χ2n) is 3.54. The lowest BCUT2D eigenvalue weighted by Gasteiger charge is -2.08. The van der Waals surface area contributed by atoms with Gasteiger partial charge in [0, 0.05) is 11.3 Å². The van der Waals surface area contributed by atoms with Crippen LogP contribution >= 0.6 is 11.6 Å². The first kappa shape index (κ1) is 11.9. The van der Waals surface area contributed by atoms with Crippen molar-refractivity contribution in [3.8, 4) is 0 Å². The lowest BCUT2D eigenvalue weighted by Crippen LogP contribution is -2.23. The molecule has 0 bridgehead atoms. The summed E-state index contributed by atoms with van der Waals surface area (Å²) in [6.45, 7) is 0. The zero-order chi connectivity index (χ0) is 12.8. The number of hydrogen-bond donors (Lipinski definition) is 1.